The van der Waals surface area contributed by atoms with Gasteiger partial charge >= 0.3 is 5.97 Å². The van der Waals surface area contributed by atoms with E-state index in [1.54, 1.807) is 11.3 Å². The molecule has 2 rings (SSSR count). The summed E-state index contributed by atoms with van der Waals surface area (Å²) in [4.78, 5) is 21.7. The lowest BCUT2D eigenvalue weighted by Crippen LogP contribution is -2.07. The van der Waals surface area contributed by atoms with Crippen molar-refractivity contribution in [2.24, 2.45) is 5.92 Å². The van der Waals surface area contributed by atoms with Crippen LogP contribution in [0.3, 0.4) is 0 Å². The number of nitrogens with zero attached hydrogens (tertiary/aromatic N) is 2. The van der Waals surface area contributed by atoms with E-state index in [2.05, 4.69) is 23.8 Å². The third-order valence-electron chi connectivity index (χ3n) is 2.56. The third kappa shape index (κ3) is 3.43. The summed E-state index contributed by atoms with van der Waals surface area (Å²) in [5.41, 5.74) is 1.80. The number of rotatable bonds is 5. The summed E-state index contributed by atoms with van der Waals surface area (Å²) >= 11 is 2.93. The molecule has 0 saturated heterocycles. The van der Waals surface area contributed by atoms with E-state index in [9.17, 15) is 4.79 Å². The zero-order valence-corrected chi connectivity index (χ0v) is 13.7. The van der Waals surface area contributed by atoms with Crippen molar-refractivity contribution in [3.8, 4) is 10.0 Å². The van der Waals surface area contributed by atoms with E-state index >= 15 is 0 Å². The second-order valence-electron chi connectivity index (χ2n) is 4.91. The maximum atomic E-state index is 12.0. The van der Waals surface area contributed by atoms with Gasteiger partial charge in [0.15, 0.2) is 10.0 Å². The minimum Gasteiger partial charge on any atom is -0.462 e. The maximum Gasteiger partial charge on any atom is 0.350 e. The Hall–Kier alpha value is -1.27. The van der Waals surface area contributed by atoms with Gasteiger partial charge in [0.1, 0.15) is 4.88 Å². The van der Waals surface area contributed by atoms with Crippen molar-refractivity contribution in [1.82, 2.24) is 9.97 Å². The van der Waals surface area contributed by atoms with Gasteiger partial charge in [-0.3, -0.25) is 0 Å². The summed E-state index contributed by atoms with van der Waals surface area (Å²) in [7, 11) is 0. The standard InChI is InChI=1S/C14H18N2O2S2/c1-5-18-14(17)11-10(6-8(2)3)16-13(20-11)12-15-9(4)7-19-12/h7-8H,5-6H2,1-4H3. The van der Waals surface area contributed by atoms with Crippen LogP contribution in [0.15, 0.2) is 5.38 Å². The molecule has 2 aromatic heterocycles. The smallest absolute Gasteiger partial charge is 0.350 e. The highest BCUT2D eigenvalue weighted by Crippen LogP contribution is 2.31. The van der Waals surface area contributed by atoms with Gasteiger partial charge in [-0.2, -0.15) is 0 Å². The van der Waals surface area contributed by atoms with E-state index in [0.717, 1.165) is 27.8 Å². The zero-order valence-electron chi connectivity index (χ0n) is 12.1. The summed E-state index contributed by atoms with van der Waals surface area (Å²) in [5, 5.41) is 3.66. The Kier molecular flexibility index (Phi) is 4.88. The molecule has 0 atom stereocenters. The first-order valence-corrected chi connectivity index (χ1v) is 8.30. The van der Waals surface area contributed by atoms with Gasteiger partial charge in [-0.1, -0.05) is 13.8 Å². The Balaban J connectivity index is 2.38. The molecular weight excluding hydrogens is 292 g/mol. The van der Waals surface area contributed by atoms with Crippen molar-refractivity contribution in [2.75, 3.05) is 6.61 Å². The highest BCUT2D eigenvalue weighted by atomic mass is 32.1. The first-order valence-electron chi connectivity index (χ1n) is 6.60. The lowest BCUT2D eigenvalue weighted by Gasteiger charge is -2.04. The molecule has 0 N–H and O–H groups in total. The molecule has 0 fully saturated rings. The van der Waals surface area contributed by atoms with Crippen molar-refractivity contribution in [3.05, 3.63) is 21.6 Å². The molecule has 0 aliphatic rings. The number of hydrogen-bond donors (Lipinski definition) is 0. The lowest BCUT2D eigenvalue weighted by atomic mass is 10.1. The Labute approximate surface area is 126 Å². The molecule has 0 aliphatic heterocycles. The SMILES string of the molecule is CCOC(=O)c1sc(-c2nc(C)cs2)nc1CC(C)C. The Morgan fingerprint density at radius 2 is 2.10 bits per heavy atom. The van der Waals surface area contributed by atoms with Crippen LogP contribution in [0, 0.1) is 12.8 Å². The number of aromatic nitrogens is 2. The molecule has 0 aliphatic carbocycles. The van der Waals surface area contributed by atoms with Gasteiger partial charge in [0.2, 0.25) is 0 Å². The molecule has 0 unspecified atom stereocenters. The van der Waals surface area contributed by atoms with Gasteiger partial charge in [-0.05, 0) is 26.2 Å². The molecular formula is C14H18N2O2S2. The molecule has 0 spiro atoms. The van der Waals surface area contributed by atoms with Crippen LogP contribution in [0.25, 0.3) is 10.0 Å². The molecule has 0 bridgehead atoms. The molecule has 20 heavy (non-hydrogen) atoms. The average Bonchev–Trinajstić information content (AvgIpc) is 2.95. The zero-order chi connectivity index (χ0) is 14.7. The summed E-state index contributed by atoms with van der Waals surface area (Å²) in [6, 6.07) is 0. The van der Waals surface area contributed by atoms with Crippen LogP contribution in [0.2, 0.25) is 0 Å². The molecule has 0 aromatic carbocycles. The van der Waals surface area contributed by atoms with E-state index in [-0.39, 0.29) is 5.97 Å². The van der Waals surface area contributed by atoms with E-state index in [0.29, 0.717) is 17.4 Å². The third-order valence-corrected chi connectivity index (χ3v) is 4.74. The van der Waals surface area contributed by atoms with E-state index < -0.39 is 0 Å². The number of ether oxygens (including phenoxy) is 1. The number of carbonyl (C=O) groups is 1. The molecule has 108 valence electrons. The highest BCUT2D eigenvalue weighted by Gasteiger charge is 2.21. The first kappa shape index (κ1) is 15.1. The van der Waals surface area contributed by atoms with E-state index in [1.165, 1.54) is 11.3 Å². The van der Waals surface area contributed by atoms with Gasteiger partial charge in [0.25, 0.3) is 0 Å². The van der Waals surface area contributed by atoms with Crippen molar-refractivity contribution >= 4 is 28.6 Å². The average molecular weight is 310 g/mol. The summed E-state index contributed by atoms with van der Waals surface area (Å²) in [6.07, 6.45) is 0.773. The second-order valence-corrected chi connectivity index (χ2v) is 6.76. The molecule has 0 radical (unpaired) electrons. The van der Waals surface area contributed by atoms with Crippen molar-refractivity contribution < 1.29 is 9.53 Å². The molecule has 2 heterocycles. The monoisotopic (exact) mass is 310 g/mol. The first-order chi connectivity index (χ1) is 9.51. The van der Waals surface area contributed by atoms with Gasteiger partial charge in [-0.15, -0.1) is 22.7 Å². The van der Waals surface area contributed by atoms with Crippen molar-refractivity contribution in [1.29, 1.82) is 0 Å². The maximum absolute atomic E-state index is 12.0. The van der Waals surface area contributed by atoms with Crippen LogP contribution in [0.1, 0.15) is 41.8 Å². The minimum atomic E-state index is -0.278. The fourth-order valence-electron chi connectivity index (χ4n) is 1.78. The lowest BCUT2D eigenvalue weighted by molar-refractivity contribution is 0.0530. The van der Waals surface area contributed by atoms with Crippen molar-refractivity contribution in [2.45, 2.75) is 34.1 Å². The van der Waals surface area contributed by atoms with Crippen LogP contribution in [0.5, 0.6) is 0 Å². The number of thiazole rings is 2. The van der Waals surface area contributed by atoms with Crippen LogP contribution >= 0.6 is 22.7 Å². The Bertz CT molecular complexity index is 602. The topological polar surface area (TPSA) is 52.1 Å². The van der Waals surface area contributed by atoms with E-state index in [4.69, 9.17) is 4.74 Å². The highest BCUT2D eigenvalue weighted by molar-refractivity contribution is 7.21. The normalized spacial score (nSPS) is 11.1. The van der Waals surface area contributed by atoms with Crippen molar-refractivity contribution in [3.63, 3.8) is 0 Å². The van der Waals surface area contributed by atoms with Crippen LogP contribution in [-0.2, 0) is 11.2 Å². The molecule has 0 amide bonds. The number of hydrogen-bond acceptors (Lipinski definition) is 6. The second kappa shape index (κ2) is 6.45. The van der Waals surface area contributed by atoms with Crippen LogP contribution in [-0.4, -0.2) is 22.5 Å². The number of esters is 1. The molecule has 4 nitrogen and oxygen atoms in total. The van der Waals surface area contributed by atoms with E-state index in [1.807, 2.05) is 19.2 Å². The minimum absolute atomic E-state index is 0.278. The van der Waals surface area contributed by atoms with Gasteiger partial charge in [0, 0.05) is 11.1 Å². The Morgan fingerprint density at radius 3 is 2.65 bits per heavy atom. The number of carbonyl (C=O) groups excluding carboxylic acids is 1. The Morgan fingerprint density at radius 1 is 1.35 bits per heavy atom. The summed E-state index contributed by atoms with van der Waals surface area (Å²) < 4.78 is 5.12. The van der Waals surface area contributed by atoms with Gasteiger partial charge in [0.05, 0.1) is 12.3 Å². The van der Waals surface area contributed by atoms with Crippen LogP contribution < -0.4 is 0 Å². The predicted molar refractivity (Wildman–Crippen MR) is 82.5 cm³/mol. The quantitative estimate of drug-likeness (QED) is 0.785. The molecule has 6 heteroatoms. The largest absolute Gasteiger partial charge is 0.462 e. The molecule has 0 saturated carbocycles. The fourth-order valence-corrected chi connectivity index (χ4v) is 3.60. The number of aryl methyl sites for hydroxylation is 1. The predicted octanol–water partition coefficient (Wildman–Crippen LogP) is 3.95. The summed E-state index contributed by atoms with van der Waals surface area (Å²) in [6.45, 7) is 8.37. The fraction of sp³-hybridized carbons (Fsp3) is 0.500. The summed E-state index contributed by atoms with van der Waals surface area (Å²) in [5.74, 6) is 0.163. The van der Waals surface area contributed by atoms with Crippen LogP contribution in [0.4, 0.5) is 0 Å². The van der Waals surface area contributed by atoms with Gasteiger partial charge in [-0.25, -0.2) is 14.8 Å². The molecule has 2 aromatic rings. The van der Waals surface area contributed by atoms with Gasteiger partial charge < -0.3 is 4.74 Å².